The average Bonchev–Trinajstić information content (AvgIpc) is 2.02. The topological polar surface area (TPSA) is 43.1 Å². The standard InChI is InChI=1S/C10H13NO2/c1-4-9-5-7(2)10(11(12)13)8(3)6-9/h5-6H,4H2,1-3H3. The smallest absolute Gasteiger partial charge is 0.258 e. The number of nitrogens with zero attached hydrogens (tertiary/aromatic N) is 1. The highest BCUT2D eigenvalue weighted by Crippen LogP contribution is 2.24. The van der Waals surface area contributed by atoms with E-state index >= 15 is 0 Å². The molecule has 1 rings (SSSR count). The predicted molar refractivity (Wildman–Crippen MR) is 51.9 cm³/mol. The maximum Gasteiger partial charge on any atom is 0.275 e. The molecule has 0 aromatic heterocycles. The molecule has 0 bridgehead atoms. The third kappa shape index (κ3) is 1.86. The Morgan fingerprint density at radius 1 is 1.31 bits per heavy atom. The van der Waals surface area contributed by atoms with Gasteiger partial charge in [-0.2, -0.15) is 0 Å². The van der Waals surface area contributed by atoms with Crippen molar-refractivity contribution in [2.45, 2.75) is 27.2 Å². The first kappa shape index (κ1) is 9.71. The van der Waals surface area contributed by atoms with Crippen molar-refractivity contribution in [3.8, 4) is 0 Å². The minimum Gasteiger partial charge on any atom is -0.258 e. The molecule has 1 aromatic carbocycles. The fourth-order valence-electron chi connectivity index (χ4n) is 1.54. The van der Waals surface area contributed by atoms with Gasteiger partial charge in [0.2, 0.25) is 0 Å². The molecular formula is C10H13NO2. The predicted octanol–water partition coefficient (Wildman–Crippen LogP) is 2.77. The summed E-state index contributed by atoms with van der Waals surface area (Å²) in [5.41, 5.74) is 2.90. The number of aryl methyl sites for hydroxylation is 3. The van der Waals surface area contributed by atoms with Crippen LogP contribution < -0.4 is 0 Å². The molecule has 3 nitrogen and oxygen atoms in total. The van der Waals surface area contributed by atoms with Crippen molar-refractivity contribution in [3.05, 3.63) is 38.9 Å². The van der Waals surface area contributed by atoms with E-state index in [1.807, 2.05) is 19.1 Å². The number of benzene rings is 1. The van der Waals surface area contributed by atoms with E-state index in [2.05, 4.69) is 0 Å². The molecule has 0 fully saturated rings. The van der Waals surface area contributed by atoms with E-state index in [9.17, 15) is 10.1 Å². The van der Waals surface area contributed by atoms with Gasteiger partial charge >= 0.3 is 0 Å². The maximum atomic E-state index is 10.6. The van der Waals surface area contributed by atoms with Gasteiger partial charge in [0.05, 0.1) is 4.92 Å². The van der Waals surface area contributed by atoms with Crippen molar-refractivity contribution in [2.75, 3.05) is 0 Å². The van der Waals surface area contributed by atoms with Crippen LogP contribution >= 0.6 is 0 Å². The number of nitro groups is 1. The van der Waals surface area contributed by atoms with Crippen LogP contribution in [0.2, 0.25) is 0 Å². The summed E-state index contributed by atoms with van der Waals surface area (Å²) >= 11 is 0. The van der Waals surface area contributed by atoms with Crippen molar-refractivity contribution in [3.63, 3.8) is 0 Å². The summed E-state index contributed by atoms with van der Waals surface area (Å²) in [7, 11) is 0. The lowest BCUT2D eigenvalue weighted by Gasteiger charge is -2.03. The molecule has 0 saturated heterocycles. The summed E-state index contributed by atoms with van der Waals surface area (Å²) < 4.78 is 0. The first-order valence-electron chi connectivity index (χ1n) is 4.30. The van der Waals surface area contributed by atoms with Gasteiger partial charge in [0.1, 0.15) is 0 Å². The molecule has 0 aliphatic rings. The molecule has 0 spiro atoms. The molecule has 0 aliphatic heterocycles. The van der Waals surface area contributed by atoms with Crippen LogP contribution in [0.5, 0.6) is 0 Å². The molecule has 1 aromatic rings. The molecule has 0 radical (unpaired) electrons. The van der Waals surface area contributed by atoms with Gasteiger partial charge in [-0.15, -0.1) is 0 Å². The molecule has 0 N–H and O–H groups in total. The summed E-state index contributed by atoms with van der Waals surface area (Å²) in [6.07, 6.45) is 0.916. The highest BCUT2D eigenvalue weighted by Gasteiger charge is 2.14. The Labute approximate surface area is 77.5 Å². The summed E-state index contributed by atoms with van der Waals surface area (Å²) in [4.78, 5) is 10.3. The Morgan fingerprint density at radius 2 is 1.77 bits per heavy atom. The molecular weight excluding hydrogens is 166 g/mol. The zero-order chi connectivity index (χ0) is 10.0. The van der Waals surface area contributed by atoms with Gasteiger partial charge in [-0.25, -0.2) is 0 Å². The molecule has 0 amide bonds. The monoisotopic (exact) mass is 179 g/mol. The van der Waals surface area contributed by atoms with Crippen LogP contribution in [-0.4, -0.2) is 4.92 Å². The largest absolute Gasteiger partial charge is 0.275 e. The van der Waals surface area contributed by atoms with Gasteiger partial charge < -0.3 is 0 Å². The van der Waals surface area contributed by atoms with E-state index in [4.69, 9.17) is 0 Å². The van der Waals surface area contributed by atoms with Gasteiger partial charge in [-0.3, -0.25) is 10.1 Å². The SMILES string of the molecule is CCc1cc(C)c([N+](=O)[O-])c(C)c1. The van der Waals surface area contributed by atoms with E-state index < -0.39 is 0 Å². The molecule has 0 saturated carbocycles. The zero-order valence-corrected chi connectivity index (χ0v) is 8.13. The van der Waals surface area contributed by atoms with Crippen LogP contribution in [0, 0.1) is 24.0 Å². The first-order chi connectivity index (χ1) is 6.06. The van der Waals surface area contributed by atoms with Crippen LogP contribution in [0.15, 0.2) is 12.1 Å². The summed E-state index contributed by atoms with van der Waals surface area (Å²) in [6, 6.07) is 3.76. The van der Waals surface area contributed by atoms with Crippen LogP contribution in [0.3, 0.4) is 0 Å². The lowest BCUT2D eigenvalue weighted by molar-refractivity contribution is -0.386. The average molecular weight is 179 g/mol. The zero-order valence-electron chi connectivity index (χ0n) is 8.13. The van der Waals surface area contributed by atoms with Gasteiger partial charge in [-0.05, 0) is 38.0 Å². The van der Waals surface area contributed by atoms with Gasteiger partial charge in [0.25, 0.3) is 5.69 Å². The summed E-state index contributed by atoms with van der Waals surface area (Å²) in [6.45, 7) is 5.61. The van der Waals surface area contributed by atoms with Crippen molar-refractivity contribution in [1.82, 2.24) is 0 Å². The number of rotatable bonds is 2. The Hall–Kier alpha value is -1.38. The van der Waals surface area contributed by atoms with Crippen molar-refractivity contribution in [2.24, 2.45) is 0 Å². The Bertz CT molecular complexity index is 322. The highest BCUT2D eigenvalue weighted by atomic mass is 16.6. The second-order valence-corrected chi connectivity index (χ2v) is 3.19. The second kappa shape index (κ2) is 3.56. The van der Waals surface area contributed by atoms with Gasteiger partial charge in [0, 0.05) is 11.1 Å². The van der Waals surface area contributed by atoms with Crippen LogP contribution in [0.4, 0.5) is 5.69 Å². The summed E-state index contributed by atoms with van der Waals surface area (Å²) in [5, 5.41) is 10.6. The quantitative estimate of drug-likeness (QED) is 0.517. The first-order valence-corrected chi connectivity index (χ1v) is 4.30. The van der Waals surface area contributed by atoms with Crippen LogP contribution in [-0.2, 0) is 6.42 Å². The maximum absolute atomic E-state index is 10.6. The van der Waals surface area contributed by atoms with Crippen LogP contribution in [0.25, 0.3) is 0 Å². The van der Waals surface area contributed by atoms with Gasteiger partial charge in [0.15, 0.2) is 0 Å². The number of hydrogen-bond donors (Lipinski definition) is 0. The fraction of sp³-hybridized carbons (Fsp3) is 0.400. The molecule has 13 heavy (non-hydrogen) atoms. The van der Waals surface area contributed by atoms with E-state index in [1.54, 1.807) is 13.8 Å². The normalized spacial score (nSPS) is 10.1. The van der Waals surface area contributed by atoms with Crippen molar-refractivity contribution in [1.29, 1.82) is 0 Å². The molecule has 3 heteroatoms. The Kier molecular flexibility index (Phi) is 2.66. The minimum atomic E-state index is -0.315. The van der Waals surface area contributed by atoms with E-state index in [0.29, 0.717) is 0 Å². The van der Waals surface area contributed by atoms with E-state index in [0.717, 1.165) is 23.1 Å². The van der Waals surface area contributed by atoms with Gasteiger partial charge in [-0.1, -0.05) is 6.92 Å². The Balaban J connectivity index is 3.31. The summed E-state index contributed by atoms with van der Waals surface area (Å²) in [5.74, 6) is 0. The van der Waals surface area contributed by atoms with Crippen LogP contribution in [0.1, 0.15) is 23.6 Å². The number of nitro benzene ring substituents is 1. The fourth-order valence-corrected chi connectivity index (χ4v) is 1.54. The molecule has 0 heterocycles. The molecule has 0 unspecified atom stereocenters. The Morgan fingerprint density at radius 3 is 2.08 bits per heavy atom. The lowest BCUT2D eigenvalue weighted by atomic mass is 10.0. The molecule has 70 valence electrons. The minimum absolute atomic E-state index is 0.247. The van der Waals surface area contributed by atoms with E-state index in [1.165, 1.54) is 0 Å². The highest BCUT2D eigenvalue weighted by molar-refractivity contribution is 5.48. The molecule has 0 aliphatic carbocycles. The lowest BCUT2D eigenvalue weighted by Crippen LogP contribution is -1.96. The molecule has 0 atom stereocenters. The third-order valence-corrected chi connectivity index (χ3v) is 2.14. The second-order valence-electron chi connectivity index (χ2n) is 3.19. The van der Waals surface area contributed by atoms with E-state index in [-0.39, 0.29) is 10.6 Å². The number of hydrogen-bond acceptors (Lipinski definition) is 2. The third-order valence-electron chi connectivity index (χ3n) is 2.14. The van der Waals surface area contributed by atoms with Crippen molar-refractivity contribution < 1.29 is 4.92 Å². The van der Waals surface area contributed by atoms with Crippen molar-refractivity contribution >= 4 is 5.69 Å².